The van der Waals surface area contributed by atoms with E-state index in [2.05, 4.69) is 11.9 Å². The van der Waals surface area contributed by atoms with Crippen molar-refractivity contribution < 1.29 is 14.7 Å². The number of carbonyl (C=O) groups excluding carboxylic acids is 2. The van der Waals surface area contributed by atoms with Gasteiger partial charge < -0.3 is 14.9 Å². The molecule has 1 N–H and O–H groups in total. The van der Waals surface area contributed by atoms with Crippen molar-refractivity contribution in [1.82, 2.24) is 14.8 Å². The lowest BCUT2D eigenvalue weighted by atomic mass is 9.83. The molecule has 2 fully saturated rings. The highest BCUT2D eigenvalue weighted by Gasteiger charge is 2.52. The van der Waals surface area contributed by atoms with Crippen molar-refractivity contribution >= 4 is 11.8 Å². The summed E-state index contributed by atoms with van der Waals surface area (Å²) in [5.41, 5.74) is 0.0250. The first kappa shape index (κ1) is 16.7. The molecule has 0 aromatic carbocycles. The van der Waals surface area contributed by atoms with Crippen molar-refractivity contribution in [2.75, 3.05) is 26.2 Å². The van der Waals surface area contributed by atoms with Gasteiger partial charge in [0.2, 0.25) is 5.91 Å². The summed E-state index contributed by atoms with van der Waals surface area (Å²) in [5, 5.41) is 9.85. The predicted octanol–water partition coefficient (Wildman–Crippen LogP) is 1.75. The lowest BCUT2D eigenvalue weighted by Crippen LogP contribution is -2.39. The van der Waals surface area contributed by atoms with Crippen molar-refractivity contribution in [1.29, 1.82) is 0 Å². The molecule has 3 atom stereocenters. The molecule has 0 spiro atoms. The molecule has 24 heavy (non-hydrogen) atoms. The first-order valence-corrected chi connectivity index (χ1v) is 8.57. The summed E-state index contributed by atoms with van der Waals surface area (Å²) in [4.78, 5) is 32.8. The first-order valence-electron chi connectivity index (χ1n) is 8.57. The van der Waals surface area contributed by atoms with Crippen LogP contribution in [0.25, 0.3) is 0 Å². The zero-order valence-corrected chi connectivity index (χ0v) is 14.5. The third-order valence-corrected chi connectivity index (χ3v) is 5.59. The van der Waals surface area contributed by atoms with Crippen LogP contribution >= 0.6 is 0 Å². The molecule has 0 radical (unpaired) electrons. The average molecular weight is 331 g/mol. The molecular weight excluding hydrogens is 306 g/mol. The minimum absolute atomic E-state index is 0.0515. The fourth-order valence-electron chi connectivity index (χ4n) is 3.86. The SMILES string of the molecule is CCC(C)C(=O)N1C[C@@H]2CN(C(=O)c3ncccc3O)C[C@]2(C)C1. The Balaban J connectivity index is 1.70. The number of carbonyl (C=O) groups is 2. The Morgan fingerprint density at radius 3 is 2.67 bits per heavy atom. The number of aromatic hydroxyl groups is 1. The van der Waals surface area contributed by atoms with Crippen LogP contribution in [0.5, 0.6) is 5.75 Å². The van der Waals surface area contributed by atoms with Gasteiger partial charge >= 0.3 is 0 Å². The molecule has 3 heterocycles. The topological polar surface area (TPSA) is 73.7 Å². The van der Waals surface area contributed by atoms with Gasteiger partial charge in [0.25, 0.3) is 5.91 Å². The van der Waals surface area contributed by atoms with Crippen LogP contribution in [0.4, 0.5) is 0 Å². The smallest absolute Gasteiger partial charge is 0.276 e. The second-order valence-electron chi connectivity index (χ2n) is 7.44. The van der Waals surface area contributed by atoms with Crippen LogP contribution in [0.15, 0.2) is 18.3 Å². The Hall–Kier alpha value is -2.11. The van der Waals surface area contributed by atoms with Crippen molar-refractivity contribution in [3.05, 3.63) is 24.0 Å². The largest absolute Gasteiger partial charge is 0.505 e. The summed E-state index contributed by atoms with van der Waals surface area (Å²) in [6.07, 6.45) is 2.36. The van der Waals surface area contributed by atoms with Gasteiger partial charge in [-0.05, 0) is 18.6 Å². The molecule has 1 aromatic heterocycles. The maximum Gasteiger partial charge on any atom is 0.276 e. The summed E-state index contributed by atoms with van der Waals surface area (Å²) in [6, 6.07) is 3.08. The second kappa shape index (κ2) is 6.07. The van der Waals surface area contributed by atoms with E-state index in [1.165, 1.54) is 12.3 Å². The fourth-order valence-corrected chi connectivity index (χ4v) is 3.86. The normalized spacial score (nSPS) is 27.2. The molecule has 1 unspecified atom stereocenters. The molecule has 6 heteroatoms. The molecule has 130 valence electrons. The summed E-state index contributed by atoms with van der Waals surface area (Å²) in [5.74, 6) is 0.228. The number of likely N-dealkylation sites (tertiary alicyclic amines) is 2. The van der Waals surface area contributed by atoms with Gasteiger partial charge in [-0.1, -0.05) is 20.8 Å². The number of hydrogen-bond donors (Lipinski definition) is 1. The summed E-state index contributed by atoms with van der Waals surface area (Å²) >= 11 is 0. The number of pyridine rings is 1. The van der Waals surface area contributed by atoms with E-state index in [1.807, 2.05) is 18.7 Å². The van der Waals surface area contributed by atoms with Crippen LogP contribution in [-0.2, 0) is 4.79 Å². The van der Waals surface area contributed by atoms with Gasteiger partial charge in [-0.15, -0.1) is 0 Å². The summed E-state index contributed by atoms with van der Waals surface area (Å²) < 4.78 is 0. The minimum Gasteiger partial charge on any atom is -0.505 e. The molecule has 6 nitrogen and oxygen atoms in total. The van der Waals surface area contributed by atoms with Crippen molar-refractivity contribution in [3.8, 4) is 5.75 Å². The number of amides is 2. The van der Waals surface area contributed by atoms with Crippen LogP contribution in [0.1, 0.15) is 37.7 Å². The number of hydrogen-bond acceptors (Lipinski definition) is 4. The molecular formula is C18H25N3O3. The van der Waals surface area contributed by atoms with Gasteiger partial charge in [0.05, 0.1) is 0 Å². The van der Waals surface area contributed by atoms with E-state index in [1.54, 1.807) is 11.0 Å². The quantitative estimate of drug-likeness (QED) is 0.916. The summed E-state index contributed by atoms with van der Waals surface area (Å²) in [6.45, 7) is 8.75. The molecule has 2 saturated heterocycles. The van der Waals surface area contributed by atoms with E-state index in [9.17, 15) is 14.7 Å². The van der Waals surface area contributed by atoms with E-state index >= 15 is 0 Å². The first-order chi connectivity index (χ1) is 11.4. The molecule has 2 aliphatic rings. The zero-order valence-electron chi connectivity index (χ0n) is 14.5. The summed E-state index contributed by atoms with van der Waals surface area (Å²) in [7, 11) is 0. The lowest BCUT2D eigenvalue weighted by Gasteiger charge is -2.26. The molecule has 1 aromatic rings. The Morgan fingerprint density at radius 2 is 2.04 bits per heavy atom. The van der Waals surface area contributed by atoms with Crippen LogP contribution in [0.2, 0.25) is 0 Å². The van der Waals surface area contributed by atoms with Gasteiger partial charge in [0.1, 0.15) is 5.75 Å². The molecule has 0 aliphatic carbocycles. The number of fused-ring (bicyclic) bond motifs is 1. The van der Waals surface area contributed by atoms with Gasteiger partial charge in [0, 0.05) is 49.6 Å². The third-order valence-electron chi connectivity index (χ3n) is 5.59. The highest BCUT2D eigenvalue weighted by atomic mass is 16.3. The Labute approximate surface area is 142 Å². The fraction of sp³-hybridized carbons (Fsp3) is 0.611. The Morgan fingerprint density at radius 1 is 1.38 bits per heavy atom. The van der Waals surface area contributed by atoms with E-state index in [0.29, 0.717) is 26.2 Å². The second-order valence-corrected chi connectivity index (χ2v) is 7.44. The molecule has 2 amide bonds. The molecule has 2 aliphatic heterocycles. The van der Waals surface area contributed by atoms with E-state index in [0.717, 1.165) is 6.42 Å². The van der Waals surface area contributed by atoms with E-state index in [4.69, 9.17) is 0 Å². The van der Waals surface area contributed by atoms with Crippen molar-refractivity contribution in [3.63, 3.8) is 0 Å². The number of nitrogens with zero attached hydrogens (tertiary/aromatic N) is 3. The van der Waals surface area contributed by atoms with Crippen LogP contribution in [0.3, 0.4) is 0 Å². The molecule has 3 rings (SSSR count). The Bertz CT molecular complexity index is 663. The van der Waals surface area contributed by atoms with Gasteiger partial charge in [-0.25, -0.2) is 4.98 Å². The standard InChI is InChI=1S/C18H25N3O3/c1-4-12(2)16(23)20-8-13-9-21(11-18(13,3)10-20)17(24)15-14(22)6-5-7-19-15/h5-7,12-13,22H,4,8-11H2,1-3H3/t12?,13-,18+/m1/s1. The molecule has 0 saturated carbocycles. The monoisotopic (exact) mass is 331 g/mol. The third kappa shape index (κ3) is 2.74. The Kier molecular flexibility index (Phi) is 4.24. The molecule has 0 bridgehead atoms. The zero-order chi connectivity index (χ0) is 17.5. The minimum atomic E-state index is -0.233. The number of rotatable bonds is 3. The van der Waals surface area contributed by atoms with Crippen molar-refractivity contribution in [2.24, 2.45) is 17.3 Å². The maximum atomic E-state index is 12.6. The van der Waals surface area contributed by atoms with Crippen LogP contribution < -0.4 is 0 Å². The highest BCUT2D eigenvalue weighted by molar-refractivity contribution is 5.95. The van der Waals surface area contributed by atoms with E-state index in [-0.39, 0.29) is 40.5 Å². The highest BCUT2D eigenvalue weighted by Crippen LogP contribution is 2.43. The average Bonchev–Trinajstić information content (AvgIpc) is 3.05. The lowest BCUT2D eigenvalue weighted by molar-refractivity contribution is -0.134. The maximum absolute atomic E-state index is 12.6. The van der Waals surface area contributed by atoms with Gasteiger partial charge in [-0.2, -0.15) is 0 Å². The van der Waals surface area contributed by atoms with Crippen LogP contribution in [-0.4, -0.2) is 57.9 Å². The predicted molar refractivity (Wildman–Crippen MR) is 89.4 cm³/mol. The van der Waals surface area contributed by atoms with E-state index < -0.39 is 0 Å². The van der Waals surface area contributed by atoms with Gasteiger partial charge in [0.15, 0.2) is 5.69 Å². The van der Waals surface area contributed by atoms with Crippen LogP contribution in [0, 0.1) is 17.3 Å². The number of aromatic nitrogens is 1. The van der Waals surface area contributed by atoms with Crippen molar-refractivity contribution in [2.45, 2.75) is 27.2 Å². The van der Waals surface area contributed by atoms with Gasteiger partial charge in [-0.3, -0.25) is 9.59 Å².